The summed E-state index contributed by atoms with van der Waals surface area (Å²) in [6.07, 6.45) is 0.698. The van der Waals surface area contributed by atoms with Crippen LogP contribution >= 0.6 is 27.5 Å². The van der Waals surface area contributed by atoms with Crippen molar-refractivity contribution < 1.29 is 4.39 Å². The van der Waals surface area contributed by atoms with Crippen LogP contribution in [0.1, 0.15) is 10.6 Å². The molecule has 0 atom stereocenters. The van der Waals surface area contributed by atoms with E-state index in [1.807, 2.05) is 0 Å². The zero-order valence-corrected chi connectivity index (χ0v) is 9.48. The van der Waals surface area contributed by atoms with Crippen molar-refractivity contribution in [2.45, 2.75) is 6.42 Å². The molecule has 2 nitrogen and oxygen atoms in total. The molecule has 5 heteroatoms. The Bertz CT molecular complexity index is 427. The summed E-state index contributed by atoms with van der Waals surface area (Å²) in [5, 5.41) is 0.920. The van der Waals surface area contributed by atoms with Gasteiger partial charge in [-0.05, 0) is 45.2 Å². The molecule has 14 heavy (non-hydrogen) atoms. The minimum atomic E-state index is -0.216. The Kier molecular flexibility index (Phi) is 2.88. The van der Waals surface area contributed by atoms with E-state index < -0.39 is 0 Å². The predicted molar refractivity (Wildman–Crippen MR) is 56.8 cm³/mol. The van der Waals surface area contributed by atoms with Crippen molar-refractivity contribution in [1.29, 1.82) is 0 Å². The number of hydrogen-bond donors (Lipinski definition) is 0. The second-order valence-electron chi connectivity index (χ2n) is 2.76. The van der Waals surface area contributed by atoms with E-state index in [2.05, 4.69) is 25.3 Å². The van der Waals surface area contributed by atoms with Gasteiger partial charge in [0.1, 0.15) is 10.8 Å². The number of hydrogen-bond acceptors (Lipinski definition) is 3. The maximum atomic E-state index is 12.6. The SMILES string of the molecule is Fc1ccc(Cc2nc(Br)ns2)cc1. The predicted octanol–water partition coefficient (Wildman–Crippen LogP) is 3.03. The Hall–Kier alpha value is -0.810. The standard InChI is InChI=1S/C9H6BrFN2S/c10-9-12-8(14-13-9)5-6-1-3-7(11)4-2-6/h1-4H,5H2. The van der Waals surface area contributed by atoms with Crippen molar-refractivity contribution in [3.8, 4) is 0 Å². The topological polar surface area (TPSA) is 25.8 Å². The summed E-state index contributed by atoms with van der Waals surface area (Å²) < 4.78 is 17.2. The van der Waals surface area contributed by atoms with Crippen molar-refractivity contribution >= 4 is 27.5 Å². The normalized spacial score (nSPS) is 10.4. The third-order valence-electron chi connectivity index (χ3n) is 1.71. The van der Waals surface area contributed by atoms with Crippen molar-refractivity contribution in [1.82, 2.24) is 9.36 Å². The number of halogens is 2. The molecule has 1 aromatic heterocycles. The van der Waals surface area contributed by atoms with E-state index in [4.69, 9.17) is 0 Å². The van der Waals surface area contributed by atoms with Crippen LogP contribution in [-0.4, -0.2) is 9.36 Å². The molecule has 0 aliphatic heterocycles. The molecule has 1 aromatic carbocycles. The molecule has 0 amide bonds. The molecule has 72 valence electrons. The highest BCUT2D eigenvalue weighted by atomic mass is 79.9. The van der Waals surface area contributed by atoms with E-state index in [0.29, 0.717) is 11.2 Å². The lowest BCUT2D eigenvalue weighted by Gasteiger charge is -1.95. The minimum absolute atomic E-state index is 0.216. The maximum Gasteiger partial charge on any atom is 0.209 e. The maximum absolute atomic E-state index is 12.6. The van der Waals surface area contributed by atoms with E-state index in [-0.39, 0.29) is 5.82 Å². The van der Waals surface area contributed by atoms with E-state index in [1.165, 1.54) is 23.7 Å². The second kappa shape index (κ2) is 4.14. The Morgan fingerprint density at radius 2 is 2.00 bits per heavy atom. The molecule has 0 saturated carbocycles. The van der Waals surface area contributed by atoms with Crippen LogP contribution < -0.4 is 0 Å². The minimum Gasteiger partial charge on any atom is -0.214 e. The summed E-state index contributed by atoms with van der Waals surface area (Å²) in [4.78, 5) is 4.16. The molecule has 0 bridgehead atoms. The van der Waals surface area contributed by atoms with Gasteiger partial charge in [-0.25, -0.2) is 9.37 Å². The number of benzene rings is 1. The smallest absolute Gasteiger partial charge is 0.209 e. The first-order valence-corrected chi connectivity index (χ1v) is 5.53. The second-order valence-corrected chi connectivity index (χ2v) is 4.31. The van der Waals surface area contributed by atoms with Gasteiger partial charge in [0.25, 0.3) is 0 Å². The summed E-state index contributed by atoms with van der Waals surface area (Å²) in [7, 11) is 0. The molecule has 0 aliphatic carbocycles. The fraction of sp³-hybridized carbons (Fsp3) is 0.111. The van der Waals surface area contributed by atoms with Crippen molar-refractivity contribution in [2.75, 3.05) is 0 Å². The summed E-state index contributed by atoms with van der Waals surface area (Å²) in [5.74, 6) is -0.216. The number of rotatable bonds is 2. The average molecular weight is 273 g/mol. The van der Waals surface area contributed by atoms with Gasteiger partial charge in [-0.15, -0.1) is 0 Å². The summed E-state index contributed by atoms with van der Waals surface area (Å²) in [6.45, 7) is 0. The summed E-state index contributed by atoms with van der Waals surface area (Å²) >= 11 is 4.53. The molecule has 0 radical (unpaired) electrons. The lowest BCUT2D eigenvalue weighted by molar-refractivity contribution is 0.627. The van der Waals surface area contributed by atoms with Crippen LogP contribution in [0, 0.1) is 5.82 Å². The van der Waals surface area contributed by atoms with Crippen LogP contribution in [0.2, 0.25) is 0 Å². The molecular formula is C9H6BrFN2S. The fourth-order valence-electron chi connectivity index (χ4n) is 1.08. The van der Waals surface area contributed by atoms with E-state index in [1.54, 1.807) is 12.1 Å². The van der Waals surface area contributed by atoms with Crippen molar-refractivity contribution in [3.63, 3.8) is 0 Å². The van der Waals surface area contributed by atoms with Crippen LogP contribution in [0.3, 0.4) is 0 Å². The monoisotopic (exact) mass is 272 g/mol. The Morgan fingerprint density at radius 3 is 2.57 bits per heavy atom. The highest BCUT2D eigenvalue weighted by molar-refractivity contribution is 9.10. The molecule has 0 aliphatic rings. The molecule has 0 unspecified atom stereocenters. The first-order chi connectivity index (χ1) is 6.74. The Balaban J connectivity index is 2.15. The zero-order valence-electron chi connectivity index (χ0n) is 7.08. The van der Waals surface area contributed by atoms with Crippen LogP contribution in [0.4, 0.5) is 4.39 Å². The van der Waals surface area contributed by atoms with Crippen LogP contribution in [0.5, 0.6) is 0 Å². The first kappa shape index (κ1) is 9.73. The number of nitrogens with zero attached hydrogens (tertiary/aromatic N) is 2. The quantitative estimate of drug-likeness (QED) is 0.840. The van der Waals surface area contributed by atoms with Gasteiger partial charge in [-0.3, -0.25) is 0 Å². The van der Waals surface area contributed by atoms with Gasteiger partial charge in [0.05, 0.1) is 0 Å². The van der Waals surface area contributed by atoms with E-state index in [9.17, 15) is 4.39 Å². The number of aromatic nitrogens is 2. The molecule has 2 rings (SSSR count). The summed E-state index contributed by atoms with van der Waals surface area (Å²) in [5.41, 5.74) is 1.04. The average Bonchev–Trinajstić information content (AvgIpc) is 2.56. The van der Waals surface area contributed by atoms with Gasteiger partial charge in [-0.2, -0.15) is 4.37 Å². The zero-order chi connectivity index (χ0) is 9.97. The largest absolute Gasteiger partial charge is 0.214 e. The molecular weight excluding hydrogens is 267 g/mol. The fourth-order valence-corrected chi connectivity index (χ4v) is 2.21. The van der Waals surface area contributed by atoms with Gasteiger partial charge in [0.15, 0.2) is 0 Å². The van der Waals surface area contributed by atoms with Crippen LogP contribution in [-0.2, 0) is 6.42 Å². The van der Waals surface area contributed by atoms with Crippen LogP contribution in [0.15, 0.2) is 29.0 Å². The van der Waals surface area contributed by atoms with Gasteiger partial charge < -0.3 is 0 Å². The Morgan fingerprint density at radius 1 is 1.29 bits per heavy atom. The molecule has 0 N–H and O–H groups in total. The third-order valence-corrected chi connectivity index (χ3v) is 3.01. The Labute approximate surface area is 93.1 Å². The molecule has 2 aromatic rings. The van der Waals surface area contributed by atoms with Crippen molar-refractivity contribution in [2.24, 2.45) is 0 Å². The molecule has 0 spiro atoms. The van der Waals surface area contributed by atoms with Gasteiger partial charge >= 0.3 is 0 Å². The summed E-state index contributed by atoms with van der Waals surface area (Å²) in [6, 6.07) is 6.41. The molecule has 0 saturated heterocycles. The third kappa shape index (κ3) is 2.36. The van der Waals surface area contributed by atoms with Crippen molar-refractivity contribution in [3.05, 3.63) is 45.4 Å². The van der Waals surface area contributed by atoms with E-state index in [0.717, 1.165) is 10.6 Å². The molecule has 1 heterocycles. The molecule has 0 fully saturated rings. The highest BCUT2D eigenvalue weighted by Gasteiger charge is 2.02. The lowest BCUT2D eigenvalue weighted by Crippen LogP contribution is -1.86. The highest BCUT2D eigenvalue weighted by Crippen LogP contribution is 2.14. The van der Waals surface area contributed by atoms with E-state index >= 15 is 0 Å². The van der Waals surface area contributed by atoms with Gasteiger partial charge in [0, 0.05) is 6.42 Å². The van der Waals surface area contributed by atoms with Crippen LogP contribution in [0.25, 0.3) is 0 Å². The van der Waals surface area contributed by atoms with Gasteiger partial charge in [-0.1, -0.05) is 12.1 Å². The first-order valence-electron chi connectivity index (χ1n) is 3.96. The lowest BCUT2D eigenvalue weighted by atomic mass is 10.2. The van der Waals surface area contributed by atoms with Gasteiger partial charge in [0.2, 0.25) is 4.73 Å².